The Morgan fingerprint density at radius 1 is 1.38 bits per heavy atom. The number of rotatable bonds is 2. The van der Waals surface area contributed by atoms with Crippen molar-refractivity contribution >= 4 is 11.8 Å². The highest BCUT2D eigenvalue weighted by atomic mass is 32.2. The van der Waals surface area contributed by atoms with Crippen LogP contribution in [0.1, 0.15) is 42.9 Å². The third-order valence-electron chi connectivity index (χ3n) is 5.04. The van der Waals surface area contributed by atoms with Gasteiger partial charge in [0, 0.05) is 12.6 Å². The third kappa shape index (κ3) is 3.27. The molecule has 1 spiro atoms. The van der Waals surface area contributed by atoms with Crippen molar-refractivity contribution in [1.29, 1.82) is 0 Å². The predicted molar refractivity (Wildman–Crippen MR) is 86.0 cm³/mol. The fraction of sp³-hybridized carbons (Fsp3) is 0.647. The minimum Gasteiger partial charge on any atom is -0.375 e. The minimum atomic E-state index is -0.193. The Balaban J connectivity index is 1.77. The van der Waals surface area contributed by atoms with Crippen molar-refractivity contribution in [3.8, 4) is 0 Å². The molecule has 4 heteroatoms. The molecule has 1 aromatic carbocycles. The van der Waals surface area contributed by atoms with E-state index in [1.165, 1.54) is 17.6 Å². The fourth-order valence-electron chi connectivity index (χ4n) is 3.69. The molecule has 2 aliphatic heterocycles. The molecule has 0 aliphatic carbocycles. The van der Waals surface area contributed by atoms with Crippen LogP contribution in [0, 0.1) is 18.7 Å². The first-order valence-corrected chi connectivity index (χ1v) is 8.98. The first kappa shape index (κ1) is 15.3. The zero-order valence-electron chi connectivity index (χ0n) is 12.6. The number of halogens is 1. The lowest BCUT2D eigenvalue weighted by atomic mass is 9.76. The van der Waals surface area contributed by atoms with E-state index in [0.717, 1.165) is 43.4 Å². The fourth-order valence-corrected chi connectivity index (χ4v) is 4.93. The molecule has 0 amide bonds. The average Bonchev–Trinajstić information content (AvgIpc) is 2.50. The molecule has 2 heterocycles. The Bertz CT molecular complexity index is 496. The maximum Gasteiger partial charge on any atom is 0.123 e. The normalized spacial score (nSPS) is 26.7. The Kier molecular flexibility index (Phi) is 4.57. The summed E-state index contributed by atoms with van der Waals surface area (Å²) >= 11 is 2.01. The molecule has 2 saturated heterocycles. The van der Waals surface area contributed by atoms with E-state index in [1.54, 1.807) is 6.07 Å². The summed E-state index contributed by atoms with van der Waals surface area (Å²) in [7, 11) is 0. The van der Waals surface area contributed by atoms with Crippen molar-refractivity contribution in [3.05, 3.63) is 35.1 Å². The van der Waals surface area contributed by atoms with E-state index < -0.39 is 0 Å². The summed E-state index contributed by atoms with van der Waals surface area (Å²) in [4.78, 5) is 0. The van der Waals surface area contributed by atoms with Gasteiger partial charge in [0.15, 0.2) is 0 Å². The quantitative estimate of drug-likeness (QED) is 0.902. The van der Waals surface area contributed by atoms with Crippen LogP contribution in [-0.2, 0) is 4.74 Å². The van der Waals surface area contributed by atoms with E-state index in [0.29, 0.717) is 5.92 Å². The monoisotopic (exact) mass is 309 g/mol. The van der Waals surface area contributed by atoms with Crippen LogP contribution in [0.15, 0.2) is 18.2 Å². The van der Waals surface area contributed by atoms with Crippen LogP contribution >= 0.6 is 11.8 Å². The van der Waals surface area contributed by atoms with Gasteiger partial charge in [-0.2, -0.15) is 11.8 Å². The van der Waals surface area contributed by atoms with Crippen LogP contribution in [-0.4, -0.2) is 23.7 Å². The second-order valence-corrected chi connectivity index (χ2v) is 7.65. The molecule has 3 rings (SSSR count). The van der Waals surface area contributed by atoms with Gasteiger partial charge >= 0.3 is 0 Å². The predicted octanol–water partition coefficient (Wildman–Crippen LogP) is 3.83. The van der Waals surface area contributed by atoms with Crippen molar-refractivity contribution in [2.24, 2.45) is 11.7 Å². The molecule has 1 aromatic rings. The van der Waals surface area contributed by atoms with Gasteiger partial charge < -0.3 is 10.5 Å². The number of hydrogen-bond acceptors (Lipinski definition) is 3. The highest BCUT2D eigenvalue weighted by Crippen LogP contribution is 2.43. The van der Waals surface area contributed by atoms with Crippen LogP contribution in [0.3, 0.4) is 0 Å². The Hall–Kier alpha value is -0.580. The molecule has 0 bridgehead atoms. The largest absolute Gasteiger partial charge is 0.375 e. The first-order chi connectivity index (χ1) is 10.1. The van der Waals surface area contributed by atoms with Crippen molar-refractivity contribution < 1.29 is 9.13 Å². The van der Waals surface area contributed by atoms with Gasteiger partial charge in [0.05, 0.1) is 5.60 Å². The molecule has 2 fully saturated rings. The molecule has 0 radical (unpaired) electrons. The molecule has 2 nitrogen and oxygen atoms in total. The van der Waals surface area contributed by atoms with E-state index in [1.807, 2.05) is 24.8 Å². The summed E-state index contributed by atoms with van der Waals surface area (Å²) in [6.07, 6.45) is 4.25. The lowest BCUT2D eigenvalue weighted by Gasteiger charge is -2.45. The number of nitrogens with two attached hydrogens (primary N) is 1. The number of ether oxygens (including phenoxy) is 1. The van der Waals surface area contributed by atoms with E-state index >= 15 is 0 Å². The van der Waals surface area contributed by atoms with E-state index in [-0.39, 0.29) is 17.5 Å². The van der Waals surface area contributed by atoms with Crippen molar-refractivity contribution in [1.82, 2.24) is 0 Å². The zero-order chi connectivity index (χ0) is 14.9. The third-order valence-corrected chi connectivity index (χ3v) is 6.03. The van der Waals surface area contributed by atoms with Crippen molar-refractivity contribution in [2.75, 3.05) is 18.1 Å². The molecular weight excluding hydrogens is 285 g/mol. The Morgan fingerprint density at radius 2 is 2.14 bits per heavy atom. The number of thioether (sulfide) groups is 1. The lowest BCUT2D eigenvalue weighted by Crippen LogP contribution is -2.45. The molecule has 0 saturated carbocycles. The van der Waals surface area contributed by atoms with Gasteiger partial charge in [0.1, 0.15) is 5.82 Å². The van der Waals surface area contributed by atoms with E-state index in [9.17, 15) is 4.39 Å². The lowest BCUT2D eigenvalue weighted by molar-refractivity contribution is -0.105. The van der Waals surface area contributed by atoms with E-state index in [4.69, 9.17) is 10.5 Å². The molecule has 2 atom stereocenters. The summed E-state index contributed by atoms with van der Waals surface area (Å²) in [5.41, 5.74) is 8.58. The summed E-state index contributed by atoms with van der Waals surface area (Å²) in [6.45, 7) is 2.80. The number of aryl methyl sites for hydroxylation is 1. The smallest absolute Gasteiger partial charge is 0.123 e. The highest BCUT2D eigenvalue weighted by Gasteiger charge is 2.40. The summed E-state index contributed by atoms with van der Waals surface area (Å²) in [6, 6.07) is 4.86. The van der Waals surface area contributed by atoms with Gasteiger partial charge in [-0.05, 0) is 73.3 Å². The van der Waals surface area contributed by atoms with Crippen LogP contribution < -0.4 is 5.73 Å². The Morgan fingerprint density at radius 3 is 2.90 bits per heavy atom. The minimum absolute atomic E-state index is 0.0347. The second-order valence-electron chi connectivity index (χ2n) is 6.42. The molecule has 2 aliphatic rings. The highest BCUT2D eigenvalue weighted by molar-refractivity contribution is 7.99. The van der Waals surface area contributed by atoms with Gasteiger partial charge in [0.25, 0.3) is 0 Å². The SMILES string of the molecule is Cc1ccc(F)cc1C(N)C1CCOC2(CCSCC2)C1. The molecular formula is C17H24FNOS. The average molecular weight is 309 g/mol. The standard InChI is InChI=1S/C17H24FNOS/c1-12-2-3-14(18)10-15(12)16(19)13-4-7-20-17(11-13)5-8-21-9-6-17/h2-3,10,13,16H,4-9,11,19H2,1H3. The summed E-state index contributed by atoms with van der Waals surface area (Å²) in [5.74, 6) is 2.56. The number of hydrogen-bond donors (Lipinski definition) is 1. The topological polar surface area (TPSA) is 35.2 Å². The van der Waals surface area contributed by atoms with Gasteiger partial charge in [-0.1, -0.05) is 6.07 Å². The Labute approximate surface area is 130 Å². The van der Waals surface area contributed by atoms with Gasteiger partial charge in [-0.25, -0.2) is 4.39 Å². The van der Waals surface area contributed by atoms with Crippen LogP contribution in [0.25, 0.3) is 0 Å². The van der Waals surface area contributed by atoms with Crippen molar-refractivity contribution in [3.63, 3.8) is 0 Å². The first-order valence-electron chi connectivity index (χ1n) is 7.83. The van der Waals surface area contributed by atoms with Crippen LogP contribution in [0.5, 0.6) is 0 Å². The molecule has 2 N–H and O–H groups in total. The molecule has 2 unspecified atom stereocenters. The zero-order valence-corrected chi connectivity index (χ0v) is 13.4. The van der Waals surface area contributed by atoms with E-state index in [2.05, 4.69) is 0 Å². The maximum absolute atomic E-state index is 13.5. The summed E-state index contributed by atoms with van der Waals surface area (Å²) in [5, 5.41) is 0. The molecule has 0 aromatic heterocycles. The second kappa shape index (κ2) is 6.27. The molecule has 116 valence electrons. The van der Waals surface area contributed by atoms with Crippen LogP contribution in [0.4, 0.5) is 4.39 Å². The van der Waals surface area contributed by atoms with Gasteiger partial charge in [-0.3, -0.25) is 0 Å². The van der Waals surface area contributed by atoms with Gasteiger partial charge in [0.2, 0.25) is 0 Å². The maximum atomic E-state index is 13.5. The number of benzene rings is 1. The van der Waals surface area contributed by atoms with Crippen LogP contribution in [0.2, 0.25) is 0 Å². The van der Waals surface area contributed by atoms with Gasteiger partial charge in [-0.15, -0.1) is 0 Å². The summed E-state index contributed by atoms with van der Waals surface area (Å²) < 4.78 is 19.7. The molecule has 21 heavy (non-hydrogen) atoms. The van der Waals surface area contributed by atoms with Crippen molar-refractivity contribution in [2.45, 2.75) is 44.2 Å².